The zero-order valence-corrected chi connectivity index (χ0v) is 14.1. The van der Waals surface area contributed by atoms with Gasteiger partial charge in [-0.25, -0.2) is 9.78 Å². The van der Waals surface area contributed by atoms with E-state index in [-0.39, 0.29) is 12.3 Å². The molecule has 5 nitrogen and oxygen atoms in total. The van der Waals surface area contributed by atoms with Crippen molar-refractivity contribution in [1.29, 1.82) is 0 Å². The maximum Gasteiger partial charge on any atom is 0.361 e. The molecule has 0 aliphatic carbocycles. The summed E-state index contributed by atoms with van der Waals surface area (Å²) in [5, 5.41) is 7.11. The summed E-state index contributed by atoms with van der Waals surface area (Å²) in [6.45, 7) is 3.75. The zero-order chi connectivity index (χ0) is 16.4. The molecule has 0 amide bonds. The minimum absolute atomic E-state index is 0.146. The van der Waals surface area contributed by atoms with Gasteiger partial charge in [0.15, 0.2) is 0 Å². The quantitative estimate of drug-likeness (QED) is 0.644. The monoisotopic (exact) mass is 348 g/mol. The summed E-state index contributed by atoms with van der Waals surface area (Å²) in [6, 6.07) is 7.45. The summed E-state index contributed by atoms with van der Waals surface area (Å²) in [4.78, 5) is 16.6. The van der Waals surface area contributed by atoms with Gasteiger partial charge in [0, 0.05) is 16.0 Å². The van der Waals surface area contributed by atoms with Crippen LogP contribution >= 0.6 is 22.9 Å². The molecule has 0 bridgehead atoms. The number of aromatic nitrogens is 2. The van der Waals surface area contributed by atoms with Crippen molar-refractivity contribution in [2.75, 3.05) is 6.61 Å². The van der Waals surface area contributed by atoms with Gasteiger partial charge in [0.2, 0.25) is 5.69 Å². The number of hydrogen-bond donors (Lipinski definition) is 0. The molecule has 2 heterocycles. The SMILES string of the molecule is CCOC(=O)c1noc(C)c1-c1csc(-c2cccc(Cl)c2)n1. The standard InChI is InChI=1S/C16H13ClN2O3S/c1-3-21-16(20)14-13(9(2)22-19-14)12-8-23-15(18-12)10-5-4-6-11(17)7-10/h4-8H,3H2,1-2H3. The summed E-state index contributed by atoms with van der Waals surface area (Å²) >= 11 is 7.48. The summed E-state index contributed by atoms with van der Waals surface area (Å²) < 4.78 is 10.2. The first-order chi connectivity index (χ1) is 11.1. The molecule has 0 radical (unpaired) electrons. The fourth-order valence-corrected chi connectivity index (χ4v) is 3.15. The molecule has 3 rings (SSSR count). The van der Waals surface area contributed by atoms with E-state index in [0.29, 0.717) is 22.0 Å². The fourth-order valence-electron chi connectivity index (χ4n) is 2.16. The number of benzene rings is 1. The second-order valence-electron chi connectivity index (χ2n) is 4.73. The molecule has 0 saturated heterocycles. The molecule has 7 heteroatoms. The molecule has 118 valence electrons. The molecule has 0 N–H and O–H groups in total. The third-order valence-electron chi connectivity index (χ3n) is 3.16. The second kappa shape index (κ2) is 6.52. The van der Waals surface area contributed by atoms with E-state index in [0.717, 1.165) is 10.6 Å². The van der Waals surface area contributed by atoms with Crippen molar-refractivity contribution in [3.05, 3.63) is 46.1 Å². The second-order valence-corrected chi connectivity index (χ2v) is 6.03. The van der Waals surface area contributed by atoms with Crippen LogP contribution in [0.4, 0.5) is 0 Å². The van der Waals surface area contributed by atoms with Gasteiger partial charge in [-0.1, -0.05) is 28.9 Å². The number of carbonyl (C=O) groups is 1. The van der Waals surface area contributed by atoms with E-state index in [4.69, 9.17) is 20.9 Å². The van der Waals surface area contributed by atoms with Crippen molar-refractivity contribution in [1.82, 2.24) is 10.1 Å². The highest BCUT2D eigenvalue weighted by molar-refractivity contribution is 7.13. The number of halogens is 1. The predicted octanol–water partition coefficient (Wildman–Crippen LogP) is 4.60. The lowest BCUT2D eigenvalue weighted by Gasteiger charge is -2.00. The van der Waals surface area contributed by atoms with Gasteiger partial charge in [0.1, 0.15) is 10.8 Å². The van der Waals surface area contributed by atoms with E-state index in [1.165, 1.54) is 11.3 Å². The summed E-state index contributed by atoms with van der Waals surface area (Å²) in [6.07, 6.45) is 0. The molecule has 1 aromatic carbocycles. The smallest absolute Gasteiger partial charge is 0.361 e. The highest BCUT2D eigenvalue weighted by Crippen LogP contribution is 2.33. The van der Waals surface area contributed by atoms with Gasteiger partial charge >= 0.3 is 5.97 Å². The van der Waals surface area contributed by atoms with Crippen molar-refractivity contribution in [3.8, 4) is 21.8 Å². The number of esters is 1. The Labute approximate surface area is 141 Å². The summed E-state index contributed by atoms with van der Waals surface area (Å²) in [5.74, 6) is 0.00709. The van der Waals surface area contributed by atoms with Crippen LogP contribution in [-0.2, 0) is 4.74 Å². The van der Waals surface area contributed by atoms with Crippen LogP contribution in [0.25, 0.3) is 21.8 Å². The lowest BCUT2D eigenvalue weighted by molar-refractivity contribution is 0.0515. The number of ether oxygens (including phenoxy) is 1. The minimum Gasteiger partial charge on any atom is -0.461 e. The van der Waals surface area contributed by atoms with Gasteiger partial charge in [0.05, 0.1) is 17.9 Å². The predicted molar refractivity (Wildman–Crippen MR) is 88.8 cm³/mol. The van der Waals surface area contributed by atoms with Gasteiger partial charge in [-0.05, 0) is 26.0 Å². The van der Waals surface area contributed by atoms with Crippen LogP contribution in [0.15, 0.2) is 34.2 Å². The zero-order valence-electron chi connectivity index (χ0n) is 12.5. The number of thiazole rings is 1. The van der Waals surface area contributed by atoms with Crippen LogP contribution in [0.3, 0.4) is 0 Å². The van der Waals surface area contributed by atoms with Crippen molar-refractivity contribution in [2.24, 2.45) is 0 Å². The Morgan fingerprint density at radius 1 is 1.43 bits per heavy atom. The maximum absolute atomic E-state index is 12.0. The van der Waals surface area contributed by atoms with Gasteiger partial charge < -0.3 is 9.26 Å². The van der Waals surface area contributed by atoms with E-state index >= 15 is 0 Å². The molecule has 0 aliphatic rings. The third kappa shape index (κ3) is 3.13. The molecule has 0 saturated carbocycles. The van der Waals surface area contributed by atoms with Gasteiger partial charge in [-0.3, -0.25) is 0 Å². The Kier molecular flexibility index (Phi) is 4.45. The summed E-state index contributed by atoms with van der Waals surface area (Å²) in [5.41, 5.74) is 2.26. The van der Waals surface area contributed by atoms with Gasteiger partial charge in [0.25, 0.3) is 0 Å². The van der Waals surface area contributed by atoms with Crippen molar-refractivity contribution >= 4 is 28.9 Å². The van der Waals surface area contributed by atoms with E-state index < -0.39 is 5.97 Å². The topological polar surface area (TPSA) is 65.2 Å². The van der Waals surface area contributed by atoms with Crippen molar-refractivity contribution in [3.63, 3.8) is 0 Å². The van der Waals surface area contributed by atoms with Crippen LogP contribution in [0.5, 0.6) is 0 Å². The van der Waals surface area contributed by atoms with Gasteiger partial charge in [-0.15, -0.1) is 11.3 Å². The van der Waals surface area contributed by atoms with E-state index in [2.05, 4.69) is 10.1 Å². The Balaban J connectivity index is 2.01. The molecule has 0 aliphatic heterocycles. The number of carbonyl (C=O) groups excluding carboxylic acids is 1. The Morgan fingerprint density at radius 3 is 3.00 bits per heavy atom. The third-order valence-corrected chi connectivity index (χ3v) is 4.29. The molecule has 0 unspecified atom stereocenters. The molecule has 2 aromatic heterocycles. The van der Waals surface area contributed by atoms with Crippen LogP contribution in [0, 0.1) is 6.92 Å². The average Bonchev–Trinajstić information content (AvgIpc) is 3.14. The van der Waals surface area contributed by atoms with Crippen LogP contribution in [0.1, 0.15) is 23.2 Å². The van der Waals surface area contributed by atoms with E-state index in [1.54, 1.807) is 13.8 Å². The van der Waals surface area contributed by atoms with E-state index in [9.17, 15) is 4.79 Å². The molecular formula is C16H13ClN2O3S. The molecule has 3 aromatic rings. The number of aryl methyl sites for hydroxylation is 1. The highest BCUT2D eigenvalue weighted by Gasteiger charge is 2.24. The Morgan fingerprint density at radius 2 is 2.26 bits per heavy atom. The largest absolute Gasteiger partial charge is 0.461 e. The Bertz CT molecular complexity index is 857. The normalized spacial score (nSPS) is 10.7. The first-order valence-electron chi connectivity index (χ1n) is 6.95. The molecule has 0 fully saturated rings. The van der Waals surface area contributed by atoms with Crippen molar-refractivity contribution in [2.45, 2.75) is 13.8 Å². The van der Waals surface area contributed by atoms with E-state index in [1.807, 2.05) is 29.6 Å². The lowest BCUT2D eigenvalue weighted by atomic mass is 10.1. The molecule has 23 heavy (non-hydrogen) atoms. The average molecular weight is 349 g/mol. The lowest BCUT2D eigenvalue weighted by Crippen LogP contribution is -2.06. The number of rotatable bonds is 4. The van der Waals surface area contributed by atoms with Gasteiger partial charge in [-0.2, -0.15) is 0 Å². The maximum atomic E-state index is 12.0. The first-order valence-corrected chi connectivity index (χ1v) is 8.21. The van der Waals surface area contributed by atoms with Crippen molar-refractivity contribution < 1.29 is 14.1 Å². The Hall–Kier alpha value is -2.18. The van der Waals surface area contributed by atoms with Crippen LogP contribution in [0.2, 0.25) is 5.02 Å². The molecular weight excluding hydrogens is 336 g/mol. The van der Waals surface area contributed by atoms with Crippen LogP contribution in [-0.4, -0.2) is 22.7 Å². The molecule has 0 atom stereocenters. The summed E-state index contributed by atoms with van der Waals surface area (Å²) in [7, 11) is 0. The minimum atomic E-state index is -0.517. The fraction of sp³-hybridized carbons (Fsp3) is 0.188. The first kappa shape index (κ1) is 15.7. The number of nitrogens with zero attached hydrogens (tertiary/aromatic N) is 2. The highest BCUT2D eigenvalue weighted by atomic mass is 35.5. The molecule has 0 spiro atoms. The van der Waals surface area contributed by atoms with Crippen LogP contribution < -0.4 is 0 Å². The number of hydrogen-bond acceptors (Lipinski definition) is 6.